The second-order valence-corrected chi connectivity index (χ2v) is 4.44. The van der Waals surface area contributed by atoms with E-state index in [-0.39, 0.29) is 0 Å². The third-order valence-corrected chi connectivity index (χ3v) is 3.84. The summed E-state index contributed by atoms with van der Waals surface area (Å²) in [7, 11) is 0. The van der Waals surface area contributed by atoms with Gasteiger partial charge in [-0.3, -0.25) is 0 Å². The molecule has 12 heavy (non-hydrogen) atoms. The fourth-order valence-corrected chi connectivity index (χ4v) is 2.78. The number of hydrogen-bond donors (Lipinski definition) is 0. The molecule has 3 heteroatoms. The van der Waals surface area contributed by atoms with E-state index < -0.39 is 0 Å². The molecule has 2 heterocycles. The van der Waals surface area contributed by atoms with E-state index in [0.717, 1.165) is 0 Å². The van der Waals surface area contributed by atoms with Crippen molar-refractivity contribution in [3.8, 4) is 0 Å². The minimum atomic E-state index is 1.26. The summed E-state index contributed by atoms with van der Waals surface area (Å²) in [6, 6.07) is 0. The Labute approximate surface area is 82.3 Å². The van der Waals surface area contributed by atoms with Crippen molar-refractivity contribution in [2.24, 2.45) is 0 Å². The van der Waals surface area contributed by atoms with Gasteiger partial charge in [0.25, 0.3) is 0 Å². The van der Waals surface area contributed by atoms with Gasteiger partial charge < -0.3 is 0 Å². The molecule has 2 aliphatic heterocycles. The Bertz CT molecular complexity index is 151. The molecular formula is C9H16N2Se. The minimum absolute atomic E-state index is 1.26. The van der Waals surface area contributed by atoms with Crippen LogP contribution in [-0.2, 0) is 0 Å². The van der Waals surface area contributed by atoms with Gasteiger partial charge in [-0.25, -0.2) is 0 Å². The molecule has 0 saturated carbocycles. The molecule has 0 radical (unpaired) electrons. The van der Waals surface area contributed by atoms with Crippen LogP contribution in [0, 0.1) is 0 Å². The van der Waals surface area contributed by atoms with E-state index in [4.69, 9.17) is 0 Å². The van der Waals surface area contributed by atoms with Crippen molar-refractivity contribution in [2.75, 3.05) is 26.2 Å². The van der Waals surface area contributed by atoms with Crippen molar-refractivity contribution in [1.82, 2.24) is 9.80 Å². The predicted octanol–water partition coefficient (Wildman–Crippen LogP) is 0.434. The normalized spacial score (nSPS) is 23.7. The molecule has 0 aromatic rings. The van der Waals surface area contributed by atoms with E-state index in [1.807, 2.05) is 0 Å². The molecular weight excluding hydrogens is 215 g/mol. The third-order valence-electron chi connectivity index (χ3n) is 2.75. The number of nitrogens with zero attached hydrogens (tertiary/aromatic N) is 2. The van der Waals surface area contributed by atoms with Crippen molar-refractivity contribution >= 4 is 20.2 Å². The Balaban J connectivity index is 1.89. The molecule has 2 fully saturated rings. The van der Waals surface area contributed by atoms with Gasteiger partial charge in [-0.2, -0.15) is 0 Å². The van der Waals surface area contributed by atoms with Crippen LogP contribution in [0.3, 0.4) is 0 Å². The second kappa shape index (κ2) is 3.80. The maximum absolute atomic E-state index is 3.23. The standard InChI is InChI=1S/C9H16N2Se/c12-9(10-5-1-2-6-10)11-7-3-4-8-11/h1-8H2. The van der Waals surface area contributed by atoms with Crippen molar-refractivity contribution in [3.63, 3.8) is 0 Å². The molecule has 0 aromatic heterocycles. The Hall–Kier alpha value is -0.0105. The van der Waals surface area contributed by atoms with Crippen molar-refractivity contribution in [1.29, 1.82) is 0 Å². The van der Waals surface area contributed by atoms with Gasteiger partial charge in [-0.1, -0.05) is 0 Å². The van der Waals surface area contributed by atoms with Gasteiger partial charge in [0.05, 0.1) is 0 Å². The fourth-order valence-electron chi connectivity index (χ4n) is 2.02. The zero-order valence-electron chi connectivity index (χ0n) is 7.46. The van der Waals surface area contributed by atoms with Crippen LogP contribution in [-0.4, -0.2) is 56.2 Å². The van der Waals surface area contributed by atoms with Gasteiger partial charge >= 0.3 is 81.9 Å². The predicted molar refractivity (Wildman–Crippen MR) is 52.4 cm³/mol. The van der Waals surface area contributed by atoms with E-state index in [0.29, 0.717) is 0 Å². The zero-order chi connectivity index (χ0) is 8.39. The molecule has 2 rings (SSSR count). The van der Waals surface area contributed by atoms with Crippen LogP contribution in [0.2, 0.25) is 0 Å². The summed E-state index contributed by atoms with van der Waals surface area (Å²) in [6.07, 6.45) is 5.50. The van der Waals surface area contributed by atoms with Gasteiger partial charge in [0.1, 0.15) is 0 Å². The van der Waals surface area contributed by atoms with Gasteiger partial charge in [0.2, 0.25) is 0 Å². The molecule has 0 spiro atoms. The van der Waals surface area contributed by atoms with E-state index in [9.17, 15) is 0 Å². The molecule has 0 aromatic carbocycles. The molecule has 0 atom stereocenters. The average Bonchev–Trinajstić information content (AvgIpc) is 2.77. The first-order valence-corrected chi connectivity index (χ1v) is 5.77. The van der Waals surface area contributed by atoms with E-state index >= 15 is 0 Å². The topological polar surface area (TPSA) is 6.48 Å². The van der Waals surface area contributed by atoms with E-state index in [1.165, 1.54) is 56.5 Å². The summed E-state index contributed by atoms with van der Waals surface area (Å²) < 4.78 is 1.41. The molecule has 0 aliphatic carbocycles. The Morgan fingerprint density at radius 2 is 1.08 bits per heavy atom. The molecule has 0 amide bonds. The monoisotopic (exact) mass is 232 g/mol. The summed E-state index contributed by atoms with van der Waals surface area (Å²) in [6.45, 7) is 5.05. The maximum atomic E-state index is 3.23. The number of hydrogen-bond acceptors (Lipinski definition) is 2. The van der Waals surface area contributed by atoms with Crippen molar-refractivity contribution in [3.05, 3.63) is 0 Å². The Kier molecular flexibility index (Phi) is 2.72. The zero-order valence-corrected chi connectivity index (χ0v) is 9.17. The van der Waals surface area contributed by atoms with Crippen LogP contribution in [0.1, 0.15) is 25.7 Å². The van der Waals surface area contributed by atoms with E-state index in [1.54, 1.807) is 0 Å². The van der Waals surface area contributed by atoms with Gasteiger partial charge in [-0.15, -0.1) is 0 Å². The van der Waals surface area contributed by atoms with Crippen LogP contribution < -0.4 is 0 Å². The summed E-state index contributed by atoms with van der Waals surface area (Å²) in [4.78, 5) is 4.98. The van der Waals surface area contributed by atoms with Crippen molar-refractivity contribution < 1.29 is 0 Å². The molecule has 0 bridgehead atoms. The van der Waals surface area contributed by atoms with Crippen LogP contribution >= 0.6 is 0 Å². The molecule has 0 N–H and O–H groups in total. The SMILES string of the molecule is [Se]=C(N1CCCC1)N1CCCC1. The molecule has 2 nitrogen and oxygen atoms in total. The second-order valence-electron chi connectivity index (χ2n) is 3.67. The van der Waals surface area contributed by atoms with Crippen LogP contribution in [0.4, 0.5) is 0 Å². The quantitative estimate of drug-likeness (QED) is 0.636. The first-order valence-electron chi connectivity index (χ1n) is 4.92. The Morgan fingerprint density at radius 3 is 1.42 bits per heavy atom. The van der Waals surface area contributed by atoms with Gasteiger partial charge in [0.15, 0.2) is 0 Å². The number of rotatable bonds is 2. The third kappa shape index (κ3) is 1.67. The molecule has 2 saturated heterocycles. The molecule has 2 aliphatic rings. The van der Waals surface area contributed by atoms with Crippen LogP contribution in [0.15, 0.2) is 0 Å². The summed E-state index contributed by atoms with van der Waals surface area (Å²) in [5.41, 5.74) is 0. The first kappa shape index (κ1) is 8.58. The van der Waals surface area contributed by atoms with Crippen LogP contribution in [0.25, 0.3) is 0 Å². The number of likely N-dealkylation sites (tertiary alicyclic amines) is 2. The van der Waals surface area contributed by atoms with Gasteiger partial charge in [-0.05, 0) is 0 Å². The van der Waals surface area contributed by atoms with Crippen LogP contribution in [0.5, 0.6) is 0 Å². The summed E-state index contributed by atoms with van der Waals surface area (Å²) in [5, 5.41) is 0. The Morgan fingerprint density at radius 1 is 0.750 bits per heavy atom. The van der Waals surface area contributed by atoms with E-state index in [2.05, 4.69) is 25.4 Å². The first-order chi connectivity index (χ1) is 5.88. The summed E-state index contributed by atoms with van der Waals surface area (Å²) in [5.74, 6) is 0. The molecule has 68 valence electrons. The molecule has 0 unspecified atom stereocenters. The summed E-state index contributed by atoms with van der Waals surface area (Å²) >= 11 is 3.23. The van der Waals surface area contributed by atoms with Crippen molar-refractivity contribution in [2.45, 2.75) is 25.7 Å². The van der Waals surface area contributed by atoms with Gasteiger partial charge in [0, 0.05) is 0 Å². The fraction of sp³-hybridized carbons (Fsp3) is 0.889. The average molecular weight is 231 g/mol.